The first kappa shape index (κ1) is 24.9. The maximum absolute atomic E-state index is 13.2. The Kier molecular flexibility index (Phi) is 6.61. The van der Waals surface area contributed by atoms with Gasteiger partial charge in [-0.2, -0.15) is 4.31 Å². The van der Waals surface area contributed by atoms with Crippen LogP contribution in [0.1, 0.15) is 12.8 Å². The molecule has 0 spiro atoms. The Morgan fingerprint density at radius 1 is 1.03 bits per heavy atom. The van der Waals surface area contributed by atoms with Crippen molar-refractivity contribution in [2.75, 3.05) is 18.4 Å². The first-order chi connectivity index (χ1) is 18.4. The number of imidazole rings is 1. The van der Waals surface area contributed by atoms with Crippen molar-refractivity contribution in [2.24, 2.45) is 0 Å². The molecular formula is C28H25ClN4O3S2. The summed E-state index contributed by atoms with van der Waals surface area (Å²) in [7, 11) is -3.60. The van der Waals surface area contributed by atoms with Crippen molar-refractivity contribution in [3.05, 3.63) is 89.4 Å². The molecule has 38 heavy (non-hydrogen) atoms. The number of halogens is 1. The highest BCUT2D eigenvalue weighted by molar-refractivity contribution is 7.89. The van der Waals surface area contributed by atoms with Crippen molar-refractivity contribution in [2.45, 2.75) is 23.8 Å². The third kappa shape index (κ3) is 4.78. The van der Waals surface area contributed by atoms with E-state index < -0.39 is 10.0 Å². The van der Waals surface area contributed by atoms with E-state index in [1.807, 2.05) is 41.9 Å². The minimum absolute atomic E-state index is 0.0294. The maximum atomic E-state index is 13.2. The number of hydrogen-bond acceptors (Lipinski definition) is 6. The molecule has 3 aromatic carbocycles. The second kappa shape index (κ2) is 10.1. The van der Waals surface area contributed by atoms with Gasteiger partial charge < -0.3 is 10.4 Å². The monoisotopic (exact) mass is 564 g/mol. The van der Waals surface area contributed by atoms with Gasteiger partial charge in [0.2, 0.25) is 10.0 Å². The topological polar surface area (TPSA) is 86.9 Å². The molecule has 0 amide bonds. The summed E-state index contributed by atoms with van der Waals surface area (Å²) in [5, 5.41) is 16.1. The zero-order valence-electron chi connectivity index (χ0n) is 20.3. The number of benzene rings is 3. The van der Waals surface area contributed by atoms with Gasteiger partial charge in [0.15, 0.2) is 4.96 Å². The second-order valence-corrected chi connectivity index (χ2v) is 12.5. The quantitative estimate of drug-likeness (QED) is 0.251. The normalized spacial score (nSPS) is 16.6. The zero-order valence-corrected chi connectivity index (χ0v) is 22.7. The number of rotatable bonds is 6. The largest absolute Gasteiger partial charge is 0.508 e. The first-order valence-corrected chi connectivity index (χ1v) is 15.0. The Morgan fingerprint density at radius 3 is 2.63 bits per heavy atom. The number of nitrogens with one attached hydrogen (secondary N) is 1. The smallest absolute Gasteiger partial charge is 0.243 e. The molecule has 0 saturated carbocycles. The number of nitrogens with zero attached hydrogens (tertiary/aromatic N) is 3. The lowest BCUT2D eigenvalue weighted by molar-refractivity contribution is 0.327. The van der Waals surface area contributed by atoms with Gasteiger partial charge in [-0.15, -0.1) is 11.3 Å². The van der Waals surface area contributed by atoms with Crippen molar-refractivity contribution in [1.29, 1.82) is 0 Å². The molecule has 0 aliphatic carbocycles. The Morgan fingerprint density at radius 2 is 1.82 bits per heavy atom. The van der Waals surface area contributed by atoms with Crippen LogP contribution < -0.4 is 5.32 Å². The predicted octanol–water partition coefficient (Wildman–Crippen LogP) is 6.35. The van der Waals surface area contributed by atoms with Gasteiger partial charge in [0.25, 0.3) is 0 Å². The van der Waals surface area contributed by atoms with Crippen LogP contribution in [0, 0.1) is 0 Å². The minimum atomic E-state index is -3.60. The first-order valence-electron chi connectivity index (χ1n) is 12.3. The molecule has 1 aliphatic heterocycles. The summed E-state index contributed by atoms with van der Waals surface area (Å²) >= 11 is 7.51. The molecule has 6 rings (SSSR count). The Hall–Kier alpha value is -3.37. The molecule has 1 fully saturated rings. The van der Waals surface area contributed by atoms with Crippen LogP contribution >= 0.6 is 22.9 Å². The highest BCUT2D eigenvalue weighted by Crippen LogP contribution is 2.36. The number of thiazole rings is 1. The van der Waals surface area contributed by atoms with E-state index in [0.29, 0.717) is 18.1 Å². The number of phenolic OH excluding ortho intramolecular Hbond substituents is 1. The van der Waals surface area contributed by atoms with E-state index in [4.69, 9.17) is 16.6 Å². The molecule has 194 valence electrons. The van der Waals surface area contributed by atoms with E-state index in [1.165, 1.54) is 0 Å². The van der Waals surface area contributed by atoms with Gasteiger partial charge in [-0.1, -0.05) is 35.9 Å². The summed E-state index contributed by atoms with van der Waals surface area (Å²) in [6.07, 6.45) is 3.63. The molecule has 1 unspecified atom stereocenters. The number of aromatic nitrogens is 2. The lowest BCUT2D eigenvalue weighted by atomic mass is 10.0. The standard InChI is InChI=1S/C28H25ClN4O3S2/c29-21-9-11-25(12-10-21)38(35,36)32-13-3-7-23(18-32)30-22-6-1-5-20(16-22)27-26(19-4-2-8-24(34)17-19)31-28-33(27)14-15-37-28/h1-2,4-6,8-12,14-17,23,30,34H,3,7,13,18H2. The maximum Gasteiger partial charge on any atom is 0.243 e. The van der Waals surface area contributed by atoms with Gasteiger partial charge in [0.1, 0.15) is 5.75 Å². The SMILES string of the molecule is O=S(=O)(c1ccc(Cl)cc1)N1CCCC(Nc2cccc(-c3c(-c4cccc(O)c4)nc4sccn34)c2)C1. The fourth-order valence-electron chi connectivity index (χ4n) is 4.94. The lowest BCUT2D eigenvalue weighted by Gasteiger charge is -2.33. The zero-order chi connectivity index (χ0) is 26.3. The number of phenols is 1. The summed E-state index contributed by atoms with van der Waals surface area (Å²) in [5.41, 5.74) is 4.45. The number of anilines is 1. The third-order valence-corrected chi connectivity index (χ3v) is 9.61. The third-order valence-electron chi connectivity index (χ3n) is 6.72. The van der Waals surface area contributed by atoms with Crippen molar-refractivity contribution >= 4 is 43.6 Å². The van der Waals surface area contributed by atoms with Crippen molar-refractivity contribution < 1.29 is 13.5 Å². The van der Waals surface area contributed by atoms with Crippen molar-refractivity contribution in [1.82, 2.24) is 13.7 Å². The average Bonchev–Trinajstić information content (AvgIpc) is 3.51. The Balaban J connectivity index is 1.28. The number of hydrogen-bond donors (Lipinski definition) is 2. The van der Waals surface area contributed by atoms with E-state index in [-0.39, 0.29) is 16.7 Å². The van der Waals surface area contributed by atoms with Crippen LogP contribution in [0.5, 0.6) is 5.75 Å². The predicted molar refractivity (Wildman–Crippen MR) is 152 cm³/mol. The summed E-state index contributed by atoms with van der Waals surface area (Å²) in [6.45, 7) is 0.869. The van der Waals surface area contributed by atoms with Crippen LogP contribution in [0.4, 0.5) is 5.69 Å². The molecule has 1 saturated heterocycles. The van der Waals surface area contributed by atoms with Gasteiger partial charge in [0.05, 0.1) is 16.3 Å². The van der Waals surface area contributed by atoms with Crippen LogP contribution in [0.25, 0.3) is 27.5 Å². The van der Waals surface area contributed by atoms with Crippen molar-refractivity contribution in [3.8, 4) is 28.3 Å². The van der Waals surface area contributed by atoms with Crippen LogP contribution in [-0.2, 0) is 10.0 Å². The molecular weight excluding hydrogens is 540 g/mol. The van der Waals surface area contributed by atoms with E-state index >= 15 is 0 Å². The fraction of sp³-hybridized carbons (Fsp3) is 0.179. The van der Waals surface area contributed by atoms with Gasteiger partial charge in [-0.05, 0) is 61.4 Å². The lowest BCUT2D eigenvalue weighted by Crippen LogP contribution is -2.45. The summed E-state index contributed by atoms with van der Waals surface area (Å²) in [6, 6.07) is 21.5. The van der Waals surface area contributed by atoms with E-state index in [2.05, 4.69) is 15.8 Å². The van der Waals surface area contributed by atoms with Gasteiger partial charge in [-0.3, -0.25) is 4.40 Å². The Labute approximate surface area is 230 Å². The molecule has 2 N–H and O–H groups in total. The molecule has 3 heterocycles. The van der Waals surface area contributed by atoms with E-state index in [9.17, 15) is 13.5 Å². The summed E-state index contributed by atoms with van der Waals surface area (Å²) in [4.78, 5) is 5.97. The van der Waals surface area contributed by atoms with Crippen LogP contribution in [0.15, 0.2) is 89.3 Å². The average molecular weight is 565 g/mol. The Bertz CT molecular complexity index is 1710. The molecule has 0 radical (unpaired) electrons. The van der Waals surface area contributed by atoms with E-state index in [1.54, 1.807) is 52.0 Å². The highest BCUT2D eigenvalue weighted by Gasteiger charge is 2.30. The number of sulfonamides is 1. The van der Waals surface area contributed by atoms with Gasteiger partial charge in [-0.25, -0.2) is 13.4 Å². The number of fused-ring (bicyclic) bond motifs is 1. The van der Waals surface area contributed by atoms with Crippen LogP contribution in [-0.4, -0.2) is 46.3 Å². The molecule has 1 atom stereocenters. The van der Waals surface area contributed by atoms with Crippen molar-refractivity contribution in [3.63, 3.8) is 0 Å². The molecule has 10 heteroatoms. The number of aromatic hydroxyl groups is 1. The van der Waals surface area contributed by atoms with Gasteiger partial charge in [0, 0.05) is 52.5 Å². The summed E-state index contributed by atoms with van der Waals surface area (Å²) < 4.78 is 30.1. The minimum Gasteiger partial charge on any atom is -0.508 e. The molecule has 0 bridgehead atoms. The van der Waals surface area contributed by atoms with E-state index in [0.717, 1.165) is 46.0 Å². The molecule has 5 aromatic rings. The molecule has 7 nitrogen and oxygen atoms in total. The second-order valence-electron chi connectivity index (χ2n) is 9.30. The summed E-state index contributed by atoms with van der Waals surface area (Å²) in [5.74, 6) is 0.190. The van der Waals surface area contributed by atoms with Crippen LogP contribution in [0.2, 0.25) is 5.02 Å². The highest BCUT2D eigenvalue weighted by atomic mass is 35.5. The molecule has 2 aromatic heterocycles. The fourth-order valence-corrected chi connectivity index (χ4v) is 7.31. The van der Waals surface area contributed by atoms with Gasteiger partial charge >= 0.3 is 0 Å². The number of piperidine rings is 1. The van der Waals surface area contributed by atoms with Crippen LogP contribution in [0.3, 0.4) is 0 Å². The molecule has 1 aliphatic rings.